The fourth-order valence-corrected chi connectivity index (χ4v) is 7.14. The molecule has 2 heterocycles. The molecule has 6 aromatic rings. The number of rotatable bonds is 5. The molecule has 0 spiro atoms. The number of hydrogen-bond acceptors (Lipinski definition) is 2. The zero-order valence-corrected chi connectivity index (χ0v) is 26.1. The Morgan fingerprint density at radius 3 is 1.66 bits per heavy atom. The molecule has 7 rings (SSSR count). The van der Waals surface area contributed by atoms with Gasteiger partial charge >= 0.3 is 6.48 Å². The van der Waals surface area contributed by atoms with Crippen LogP contribution < -0.4 is 25.0 Å². The van der Waals surface area contributed by atoms with Gasteiger partial charge in [-0.1, -0.05) is 105 Å². The number of aryl methyl sites for hydroxylation is 5. The lowest BCUT2D eigenvalue weighted by atomic mass is 9.39. The topological polar surface area (TPSA) is 16.4 Å². The summed E-state index contributed by atoms with van der Waals surface area (Å²) in [6.45, 7) is 8.99. The monoisotopic (exact) mass is 572 g/mol. The van der Waals surface area contributed by atoms with Crippen LogP contribution in [-0.4, -0.2) is 6.48 Å². The number of nitrogens with zero attached hydrogens (tertiary/aromatic N) is 2. The number of anilines is 3. The number of benzene rings is 5. The molecule has 0 aliphatic carbocycles. The fraction of sp³-hybridized carbons (Fsp3) is 0.125. The Morgan fingerprint density at radius 2 is 1.07 bits per heavy atom. The molecule has 0 fully saturated rings. The lowest BCUT2D eigenvalue weighted by Gasteiger charge is -2.43. The summed E-state index contributed by atoms with van der Waals surface area (Å²) in [7, 11) is 0. The van der Waals surface area contributed by atoms with Crippen LogP contribution in [0.2, 0.25) is 0 Å². The van der Waals surface area contributed by atoms with E-state index < -0.39 is 6.48 Å². The molecule has 0 radical (unpaired) electrons. The van der Waals surface area contributed by atoms with Crippen molar-refractivity contribution in [2.24, 2.45) is 0 Å². The Bertz CT molecular complexity index is 1910. The summed E-state index contributed by atoms with van der Waals surface area (Å²) in [5.41, 5.74) is 14.2. The van der Waals surface area contributed by atoms with Crippen molar-refractivity contribution < 1.29 is 9.13 Å². The van der Waals surface area contributed by atoms with Crippen molar-refractivity contribution >= 4 is 34.5 Å². The smallest absolute Gasteiger partial charge is 0.514 e. The van der Waals surface area contributed by atoms with Crippen LogP contribution in [0.4, 0.5) is 17.1 Å². The summed E-state index contributed by atoms with van der Waals surface area (Å²) in [6.07, 6.45) is 2.18. The summed E-state index contributed by atoms with van der Waals surface area (Å²) in [4.78, 5) is 2.32. The first kappa shape index (κ1) is 27.7. The average molecular weight is 573 g/mol. The van der Waals surface area contributed by atoms with Gasteiger partial charge in [-0.05, 0) is 89.2 Å². The van der Waals surface area contributed by atoms with E-state index in [-0.39, 0.29) is 0 Å². The van der Waals surface area contributed by atoms with Gasteiger partial charge in [0.15, 0.2) is 5.69 Å². The van der Waals surface area contributed by atoms with Gasteiger partial charge in [0, 0.05) is 23.1 Å². The third-order valence-corrected chi connectivity index (χ3v) is 9.06. The van der Waals surface area contributed by atoms with Crippen molar-refractivity contribution in [2.75, 3.05) is 4.90 Å². The van der Waals surface area contributed by atoms with Gasteiger partial charge in [0.05, 0.1) is 11.3 Å². The molecule has 1 aliphatic rings. The Hall–Kier alpha value is -5.09. The zero-order chi connectivity index (χ0) is 30.4. The van der Waals surface area contributed by atoms with Gasteiger partial charge < -0.3 is 14.0 Å². The van der Waals surface area contributed by atoms with E-state index in [2.05, 4.69) is 178 Å². The van der Waals surface area contributed by atoms with Gasteiger partial charge in [-0.3, -0.25) is 0 Å². The number of aromatic nitrogens is 1. The Balaban J connectivity index is 1.45. The highest BCUT2D eigenvalue weighted by Gasteiger charge is 2.50. The molecule has 5 aromatic carbocycles. The minimum atomic E-state index is -1.87. The van der Waals surface area contributed by atoms with Crippen LogP contribution >= 0.6 is 0 Å². The van der Waals surface area contributed by atoms with Gasteiger partial charge in [0.2, 0.25) is 0 Å². The Kier molecular flexibility index (Phi) is 6.86. The largest absolute Gasteiger partial charge is 0.651 e. The minimum Gasteiger partial charge on any atom is -0.651 e. The van der Waals surface area contributed by atoms with Crippen molar-refractivity contribution in [1.82, 2.24) is 0 Å². The van der Waals surface area contributed by atoms with Gasteiger partial charge in [-0.15, -0.1) is 0 Å². The van der Waals surface area contributed by atoms with Crippen molar-refractivity contribution in [3.05, 3.63) is 161 Å². The van der Waals surface area contributed by atoms with Gasteiger partial charge in [-0.25, -0.2) is 0 Å². The minimum absolute atomic E-state index is 0.906. The molecule has 4 heteroatoms. The molecule has 3 nitrogen and oxygen atoms in total. The number of pyridine rings is 1. The highest BCUT2D eigenvalue weighted by molar-refractivity contribution is 6.92. The summed E-state index contributed by atoms with van der Waals surface area (Å²) >= 11 is 0. The molecule has 1 aromatic heterocycles. The molecular formula is C40H37BN2O. The van der Waals surface area contributed by atoms with Gasteiger partial charge in [-0.2, -0.15) is 0 Å². The van der Waals surface area contributed by atoms with Crippen molar-refractivity contribution in [3.63, 3.8) is 0 Å². The van der Waals surface area contributed by atoms with Gasteiger partial charge in [0.25, 0.3) is 0 Å². The summed E-state index contributed by atoms with van der Waals surface area (Å²) in [5.74, 6) is 0.906. The number of para-hydroxylation sites is 1. The first-order chi connectivity index (χ1) is 21.3. The second-order valence-corrected chi connectivity index (χ2v) is 12.3. The molecule has 0 bridgehead atoms. The second kappa shape index (κ2) is 10.9. The maximum Gasteiger partial charge on any atom is 0.514 e. The van der Waals surface area contributed by atoms with E-state index in [1.165, 1.54) is 33.3 Å². The van der Waals surface area contributed by atoms with E-state index in [1.807, 2.05) is 0 Å². The standard InChI is InChI=1S/C40H37BN2O/c1-28-13-19-34(20-14-28)43(35-21-15-29(2)16-22-35)36-23-17-33(18-24-36)41(40-31(4)26-30(3)27-32(40)5)42-25-9-8-11-38(42)37-10-6-7-12-39(37)44-41/h6-27H,1-5H3. The summed E-state index contributed by atoms with van der Waals surface area (Å²) in [5, 5.41) is 0. The molecule has 0 saturated heterocycles. The van der Waals surface area contributed by atoms with E-state index in [0.717, 1.165) is 39.5 Å². The zero-order valence-electron chi connectivity index (χ0n) is 26.1. The van der Waals surface area contributed by atoms with E-state index >= 15 is 0 Å². The number of fused-ring (bicyclic) bond motifs is 3. The van der Waals surface area contributed by atoms with Crippen molar-refractivity contribution in [2.45, 2.75) is 34.6 Å². The molecule has 1 atom stereocenters. The first-order valence-electron chi connectivity index (χ1n) is 15.4. The van der Waals surface area contributed by atoms with Crippen molar-refractivity contribution in [1.29, 1.82) is 0 Å². The Labute approximate surface area is 261 Å². The van der Waals surface area contributed by atoms with E-state index in [9.17, 15) is 0 Å². The quantitative estimate of drug-likeness (QED) is 0.194. The van der Waals surface area contributed by atoms with E-state index in [4.69, 9.17) is 4.65 Å². The summed E-state index contributed by atoms with van der Waals surface area (Å²) in [6, 6.07) is 45.9. The predicted molar refractivity (Wildman–Crippen MR) is 184 cm³/mol. The predicted octanol–water partition coefficient (Wildman–Crippen LogP) is 8.15. The van der Waals surface area contributed by atoms with Gasteiger partial charge in [0.1, 0.15) is 6.20 Å². The lowest BCUT2D eigenvalue weighted by Crippen LogP contribution is -2.84. The average Bonchev–Trinajstić information content (AvgIpc) is 3.03. The first-order valence-corrected chi connectivity index (χ1v) is 15.4. The van der Waals surface area contributed by atoms with Crippen LogP contribution in [0.1, 0.15) is 27.8 Å². The lowest BCUT2D eigenvalue weighted by molar-refractivity contribution is -0.542. The molecule has 0 saturated carbocycles. The molecule has 1 unspecified atom stereocenters. The molecule has 44 heavy (non-hydrogen) atoms. The molecule has 216 valence electrons. The Morgan fingerprint density at radius 1 is 0.545 bits per heavy atom. The van der Waals surface area contributed by atoms with Crippen molar-refractivity contribution in [3.8, 4) is 17.0 Å². The van der Waals surface area contributed by atoms with Crippen LogP contribution in [-0.2, 0) is 0 Å². The maximum atomic E-state index is 7.33. The molecule has 0 amide bonds. The third-order valence-electron chi connectivity index (χ3n) is 9.06. The second-order valence-electron chi connectivity index (χ2n) is 12.3. The molecule has 1 aliphatic heterocycles. The fourth-order valence-electron chi connectivity index (χ4n) is 7.14. The normalized spacial score (nSPS) is 15.2. The van der Waals surface area contributed by atoms with Crippen LogP contribution in [0, 0.1) is 34.6 Å². The summed E-state index contributed by atoms with van der Waals surface area (Å²) < 4.78 is 9.70. The number of hydrogen-bond donors (Lipinski definition) is 0. The SMILES string of the molecule is Cc1ccc(N(c2ccc(C)cc2)c2ccc([B-]3(c4c(C)cc(C)cc4C)Oc4ccccc4-c4cccc[n+]43)cc2)cc1. The van der Waals surface area contributed by atoms with E-state index in [0.29, 0.717) is 0 Å². The maximum absolute atomic E-state index is 7.33. The molecule has 0 N–H and O–H groups in total. The molecular weight excluding hydrogens is 535 g/mol. The highest BCUT2D eigenvalue weighted by atomic mass is 16.5. The van der Waals surface area contributed by atoms with Crippen LogP contribution in [0.25, 0.3) is 11.3 Å². The van der Waals surface area contributed by atoms with E-state index in [1.54, 1.807) is 0 Å². The van der Waals surface area contributed by atoms with Crippen LogP contribution in [0.15, 0.2) is 134 Å². The highest BCUT2D eigenvalue weighted by Crippen LogP contribution is 2.36. The van der Waals surface area contributed by atoms with Crippen LogP contribution in [0.3, 0.4) is 0 Å². The van der Waals surface area contributed by atoms with Crippen LogP contribution in [0.5, 0.6) is 5.75 Å². The third kappa shape index (κ3) is 4.58.